The van der Waals surface area contributed by atoms with Crippen molar-refractivity contribution in [2.45, 2.75) is 12.8 Å². The van der Waals surface area contributed by atoms with Crippen LogP contribution in [0.4, 0.5) is 13.2 Å². The van der Waals surface area contributed by atoms with Gasteiger partial charge in [-0.05, 0) is 36.4 Å². The quantitative estimate of drug-likeness (QED) is 0.570. The summed E-state index contributed by atoms with van der Waals surface area (Å²) in [5.41, 5.74) is -0.622. The first-order chi connectivity index (χ1) is 12.3. The highest BCUT2D eigenvalue weighted by molar-refractivity contribution is 6.30. The Morgan fingerprint density at radius 3 is 2.50 bits per heavy atom. The molecule has 0 N–H and O–H groups in total. The number of carbonyl (C=O) groups excluding carboxylic acids is 1. The SMILES string of the molecule is O=C(OCc1cc(-c2ccc(Cl)cc2)on1)c1ccccc1C(F)(F)F. The molecule has 0 amide bonds. The Balaban J connectivity index is 1.70. The van der Waals surface area contributed by atoms with Gasteiger partial charge >= 0.3 is 12.1 Å². The number of halogens is 4. The van der Waals surface area contributed by atoms with Crippen molar-refractivity contribution in [3.05, 3.63) is 76.4 Å². The van der Waals surface area contributed by atoms with Crippen LogP contribution in [-0.2, 0) is 17.5 Å². The van der Waals surface area contributed by atoms with Gasteiger partial charge in [0.15, 0.2) is 5.76 Å². The van der Waals surface area contributed by atoms with E-state index in [1.54, 1.807) is 24.3 Å². The topological polar surface area (TPSA) is 52.3 Å². The number of carbonyl (C=O) groups is 1. The van der Waals surface area contributed by atoms with Gasteiger partial charge in [-0.3, -0.25) is 0 Å². The number of alkyl halides is 3. The lowest BCUT2D eigenvalue weighted by molar-refractivity contribution is -0.138. The van der Waals surface area contributed by atoms with Crippen molar-refractivity contribution in [3.63, 3.8) is 0 Å². The van der Waals surface area contributed by atoms with E-state index in [1.807, 2.05) is 0 Å². The molecule has 3 aromatic rings. The number of rotatable bonds is 4. The zero-order valence-corrected chi connectivity index (χ0v) is 13.8. The van der Waals surface area contributed by atoms with Gasteiger partial charge in [0.2, 0.25) is 0 Å². The van der Waals surface area contributed by atoms with Crippen LogP contribution in [0.1, 0.15) is 21.6 Å². The van der Waals surface area contributed by atoms with Crippen molar-refractivity contribution >= 4 is 17.6 Å². The van der Waals surface area contributed by atoms with Crippen LogP contribution in [0, 0.1) is 0 Å². The number of hydrogen-bond donors (Lipinski definition) is 0. The van der Waals surface area contributed by atoms with E-state index < -0.39 is 23.3 Å². The second-order valence-corrected chi connectivity index (χ2v) is 5.75. The monoisotopic (exact) mass is 381 g/mol. The van der Waals surface area contributed by atoms with Crippen LogP contribution in [0.15, 0.2) is 59.1 Å². The highest BCUT2D eigenvalue weighted by atomic mass is 35.5. The number of ether oxygens (including phenoxy) is 1. The summed E-state index contributed by atoms with van der Waals surface area (Å²) in [7, 11) is 0. The van der Waals surface area contributed by atoms with E-state index in [-0.39, 0.29) is 12.3 Å². The molecule has 0 unspecified atom stereocenters. The molecule has 0 bridgehead atoms. The van der Waals surface area contributed by atoms with Crippen LogP contribution in [0.25, 0.3) is 11.3 Å². The molecule has 0 radical (unpaired) electrons. The first-order valence-corrected chi connectivity index (χ1v) is 7.77. The Bertz CT molecular complexity index is 920. The summed E-state index contributed by atoms with van der Waals surface area (Å²) in [6.45, 7) is -0.317. The molecular formula is C18H11ClF3NO3. The van der Waals surface area contributed by atoms with Crippen LogP contribution in [0.2, 0.25) is 5.02 Å². The van der Waals surface area contributed by atoms with E-state index in [2.05, 4.69) is 5.16 Å². The third-order valence-corrected chi connectivity index (χ3v) is 3.74. The van der Waals surface area contributed by atoms with E-state index in [9.17, 15) is 18.0 Å². The van der Waals surface area contributed by atoms with Crippen LogP contribution < -0.4 is 0 Å². The molecule has 8 heteroatoms. The molecule has 0 atom stereocenters. The Hall–Kier alpha value is -2.80. The summed E-state index contributed by atoms with van der Waals surface area (Å²) < 4.78 is 48.9. The Labute approximate surface area is 151 Å². The normalized spacial score (nSPS) is 11.4. The minimum atomic E-state index is -4.65. The fraction of sp³-hybridized carbons (Fsp3) is 0.111. The minimum Gasteiger partial charge on any atom is -0.455 e. The van der Waals surface area contributed by atoms with E-state index in [4.69, 9.17) is 20.9 Å². The number of hydrogen-bond acceptors (Lipinski definition) is 4. The molecule has 0 saturated heterocycles. The molecule has 0 fully saturated rings. The van der Waals surface area contributed by atoms with Crippen molar-refractivity contribution in [3.8, 4) is 11.3 Å². The molecule has 3 rings (SSSR count). The van der Waals surface area contributed by atoms with Gasteiger partial charge in [0.05, 0.1) is 11.1 Å². The highest BCUT2D eigenvalue weighted by Crippen LogP contribution is 2.32. The summed E-state index contributed by atoms with van der Waals surface area (Å²) in [5.74, 6) is -0.669. The lowest BCUT2D eigenvalue weighted by Gasteiger charge is -2.11. The predicted octanol–water partition coefficient (Wildman–Crippen LogP) is 5.37. The zero-order chi connectivity index (χ0) is 18.7. The molecule has 4 nitrogen and oxygen atoms in total. The maximum atomic E-state index is 12.9. The van der Waals surface area contributed by atoms with Gasteiger partial charge in [-0.25, -0.2) is 4.79 Å². The van der Waals surface area contributed by atoms with Crippen molar-refractivity contribution in [1.82, 2.24) is 5.16 Å². The number of aromatic nitrogens is 1. The van der Waals surface area contributed by atoms with Crippen molar-refractivity contribution < 1.29 is 27.2 Å². The van der Waals surface area contributed by atoms with Crippen molar-refractivity contribution in [1.29, 1.82) is 0 Å². The van der Waals surface area contributed by atoms with E-state index in [1.165, 1.54) is 18.2 Å². The molecule has 0 spiro atoms. The lowest BCUT2D eigenvalue weighted by atomic mass is 10.1. The third-order valence-electron chi connectivity index (χ3n) is 3.49. The molecule has 0 aliphatic rings. The summed E-state index contributed by atoms with van der Waals surface area (Å²) in [4.78, 5) is 12.0. The maximum Gasteiger partial charge on any atom is 0.417 e. The van der Waals surface area contributed by atoms with Crippen LogP contribution in [0.3, 0.4) is 0 Å². The Kier molecular flexibility index (Phi) is 4.99. The Morgan fingerprint density at radius 2 is 1.81 bits per heavy atom. The summed E-state index contributed by atoms with van der Waals surface area (Å²) in [6, 6.07) is 12.7. The summed E-state index contributed by atoms with van der Waals surface area (Å²) in [6.07, 6.45) is -4.65. The van der Waals surface area contributed by atoms with E-state index >= 15 is 0 Å². The molecule has 134 valence electrons. The average molecular weight is 382 g/mol. The van der Waals surface area contributed by atoms with Crippen LogP contribution >= 0.6 is 11.6 Å². The first-order valence-electron chi connectivity index (χ1n) is 7.39. The largest absolute Gasteiger partial charge is 0.455 e. The molecule has 26 heavy (non-hydrogen) atoms. The van der Waals surface area contributed by atoms with Gasteiger partial charge in [-0.1, -0.05) is 28.9 Å². The van der Waals surface area contributed by atoms with Crippen molar-refractivity contribution in [2.75, 3.05) is 0 Å². The number of nitrogens with zero attached hydrogens (tertiary/aromatic N) is 1. The van der Waals surface area contributed by atoms with Crippen LogP contribution in [-0.4, -0.2) is 11.1 Å². The second kappa shape index (κ2) is 7.21. The van der Waals surface area contributed by atoms with E-state index in [0.29, 0.717) is 16.3 Å². The Morgan fingerprint density at radius 1 is 1.12 bits per heavy atom. The molecule has 0 saturated carbocycles. The summed E-state index contributed by atoms with van der Waals surface area (Å²) in [5, 5.41) is 4.31. The fourth-order valence-corrected chi connectivity index (χ4v) is 2.38. The maximum absolute atomic E-state index is 12.9. The smallest absolute Gasteiger partial charge is 0.417 e. The minimum absolute atomic E-state index is 0.271. The molecular weight excluding hydrogens is 371 g/mol. The second-order valence-electron chi connectivity index (χ2n) is 5.31. The highest BCUT2D eigenvalue weighted by Gasteiger charge is 2.35. The fourth-order valence-electron chi connectivity index (χ4n) is 2.26. The first kappa shape index (κ1) is 18.0. The van der Waals surface area contributed by atoms with Gasteiger partial charge in [-0.15, -0.1) is 0 Å². The number of esters is 1. The lowest BCUT2D eigenvalue weighted by Crippen LogP contribution is -2.15. The molecule has 1 heterocycles. The average Bonchev–Trinajstić information content (AvgIpc) is 3.08. The van der Waals surface area contributed by atoms with Crippen molar-refractivity contribution in [2.24, 2.45) is 0 Å². The van der Waals surface area contributed by atoms with Gasteiger partial charge in [-0.2, -0.15) is 13.2 Å². The molecule has 0 aliphatic carbocycles. The predicted molar refractivity (Wildman–Crippen MR) is 87.5 cm³/mol. The van der Waals surface area contributed by atoms with Gasteiger partial charge in [0.1, 0.15) is 12.3 Å². The van der Waals surface area contributed by atoms with E-state index in [0.717, 1.165) is 12.1 Å². The summed E-state index contributed by atoms with van der Waals surface area (Å²) >= 11 is 5.81. The zero-order valence-electron chi connectivity index (χ0n) is 13.1. The van der Waals surface area contributed by atoms with Gasteiger partial charge in [0.25, 0.3) is 0 Å². The third kappa shape index (κ3) is 4.05. The standard InChI is InChI=1S/C18H11ClF3NO3/c19-12-7-5-11(6-8-12)16-9-13(23-26-16)10-25-17(24)14-3-1-2-4-15(14)18(20,21)22/h1-9H,10H2. The molecule has 2 aromatic carbocycles. The van der Waals surface area contributed by atoms with Gasteiger partial charge < -0.3 is 9.26 Å². The molecule has 0 aliphatic heterocycles. The molecule has 1 aromatic heterocycles. The van der Waals surface area contributed by atoms with Gasteiger partial charge in [0, 0.05) is 16.7 Å². The number of benzene rings is 2. The van der Waals surface area contributed by atoms with Crippen LogP contribution in [0.5, 0.6) is 0 Å².